The summed E-state index contributed by atoms with van der Waals surface area (Å²) in [4.78, 5) is 0. The van der Waals surface area contributed by atoms with Crippen LogP contribution in [-0.4, -0.2) is 0 Å². The number of rotatable bonds is 6. The van der Waals surface area contributed by atoms with Gasteiger partial charge in [-0.2, -0.15) is 0 Å². The molecule has 0 heterocycles. The number of benzene rings is 17. The molecule has 17 aromatic rings. The molecule has 17 aromatic carbocycles. The summed E-state index contributed by atoms with van der Waals surface area (Å²) in [6, 6.07) is 121. The summed E-state index contributed by atoms with van der Waals surface area (Å²) in [5.41, 5.74) is 26.2. The molecule has 0 unspecified atom stereocenters. The Balaban J connectivity index is 0.000000138. The number of hydrogen-bond acceptors (Lipinski definition) is 0. The highest BCUT2D eigenvalue weighted by atomic mass is 14.4. The van der Waals surface area contributed by atoms with E-state index in [1.165, 1.54) is 187 Å². The first-order valence-corrected chi connectivity index (χ1v) is 33.1. The van der Waals surface area contributed by atoms with Crippen molar-refractivity contribution in [3.8, 4) is 89.0 Å². The highest BCUT2D eigenvalue weighted by Crippen LogP contribution is 2.57. The molecule has 0 spiro atoms. The van der Waals surface area contributed by atoms with E-state index in [-0.39, 0.29) is 10.8 Å². The van der Waals surface area contributed by atoms with Gasteiger partial charge in [-0.3, -0.25) is 0 Å². The van der Waals surface area contributed by atoms with Crippen molar-refractivity contribution in [3.63, 3.8) is 0 Å². The number of fused-ring (bicyclic) bond motifs is 15. The minimum Gasteiger partial charge on any atom is -0.0622 e. The summed E-state index contributed by atoms with van der Waals surface area (Å²) in [5, 5.41) is 18.1. The van der Waals surface area contributed by atoms with E-state index in [4.69, 9.17) is 0 Å². The molecule has 0 nitrogen and oxygen atoms in total. The average molecular weight is 1200 g/mol. The molecule has 0 amide bonds. The molecule has 442 valence electrons. The van der Waals surface area contributed by atoms with E-state index in [2.05, 4.69) is 355 Å². The Kier molecular flexibility index (Phi) is 12.7. The predicted octanol–water partition coefficient (Wildman–Crippen LogP) is 26.1. The lowest BCUT2D eigenvalue weighted by Crippen LogP contribution is -2.15. The van der Waals surface area contributed by atoms with Crippen molar-refractivity contribution in [2.24, 2.45) is 0 Å². The zero-order chi connectivity index (χ0) is 62.8. The molecular formula is C94H66. The lowest BCUT2D eigenvalue weighted by atomic mass is 9.80. The Morgan fingerprint density at radius 1 is 0.170 bits per heavy atom. The molecule has 0 aromatic heterocycles. The van der Waals surface area contributed by atoms with Gasteiger partial charge in [0.1, 0.15) is 0 Å². The normalized spacial score (nSPS) is 13.3. The van der Waals surface area contributed by atoms with Crippen LogP contribution in [0.15, 0.2) is 328 Å². The Morgan fingerprint density at radius 3 is 0.883 bits per heavy atom. The molecule has 0 atom stereocenters. The SMILES string of the molecule is CC1(C)c2cccc(-c3cccc(-c4c5ccccc5c(-c5ccc6ccccc6c5)c5ccccc45)c3)c2-c2ccc3ccccc3c21.CC1(C)c2cccc(-c3cccc(-c4c5ccccc5c(-c5ccccc5)c5ccccc45)c3)c2-c2ccc3ccccc3c21. The molecule has 0 heteroatoms. The monoisotopic (exact) mass is 1190 g/mol. The molecule has 19 rings (SSSR count). The van der Waals surface area contributed by atoms with Crippen molar-refractivity contribution in [1.29, 1.82) is 0 Å². The lowest BCUT2D eigenvalue weighted by Gasteiger charge is -2.23. The van der Waals surface area contributed by atoms with Gasteiger partial charge < -0.3 is 0 Å². The zero-order valence-electron chi connectivity index (χ0n) is 53.2. The first kappa shape index (κ1) is 55.4. The fraction of sp³-hybridized carbons (Fsp3) is 0.0638. The maximum atomic E-state index is 2.42. The summed E-state index contributed by atoms with van der Waals surface area (Å²) < 4.78 is 0. The topological polar surface area (TPSA) is 0 Å². The summed E-state index contributed by atoms with van der Waals surface area (Å²) in [5.74, 6) is 0. The maximum absolute atomic E-state index is 2.42. The standard InChI is InChI=1S/C49H34.C45H32/c1-49(2)44-24-12-23-37(47(44)43-28-27-32-14-5-6-18-38(32)48(43)49)34-16-11-17-35(30-34)45-39-19-7-9-21-41(39)46(42-22-10-8-20-40(42)45)36-26-25-31-13-3-4-15-33(31)29-36;1-45(2)40-25-13-24-33(43(40)39-27-26-29-14-6-7-19-34(29)44(39)45)31-17-12-18-32(28-31)42-37-22-10-8-20-35(37)41(30-15-4-3-5-16-30)36-21-9-11-23-38(36)42/h3-30H,1-2H3;3-28H,1-2H3. The second kappa shape index (κ2) is 21.6. The van der Waals surface area contributed by atoms with Crippen LogP contribution in [0, 0.1) is 0 Å². The summed E-state index contributed by atoms with van der Waals surface area (Å²) in [7, 11) is 0. The van der Waals surface area contributed by atoms with Gasteiger partial charge in [0.2, 0.25) is 0 Å². The van der Waals surface area contributed by atoms with Crippen molar-refractivity contribution in [2.75, 3.05) is 0 Å². The van der Waals surface area contributed by atoms with E-state index in [0.717, 1.165) is 0 Å². The summed E-state index contributed by atoms with van der Waals surface area (Å²) >= 11 is 0. The molecule has 0 saturated carbocycles. The van der Waals surface area contributed by atoms with Crippen LogP contribution in [0.3, 0.4) is 0 Å². The van der Waals surface area contributed by atoms with Crippen LogP contribution in [0.2, 0.25) is 0 Å². The highest BCUT2D eigenvalue weighted by Gasteiger charge is 2.40. The van der Waals surface area contributed by atoms with Crippen LogP contribution in [0.5, 0.6) is 0 Å². The third-order valence-corrected chi connectivity index (χ3v) is 21.0. The van der Waals surface area contributed by atoms with Crippen LogP contribution in [0.1, 0.15) is 49.9 Å². The van der Waals surface area contributed by atoms with Crippen molar-refractivity contribution < 1.29 is 0 Å². The van der Waals surface area contributed by atoms with Gasteiger partial charge in [0.05, 0.1) is 0 Å². The molecule has 0 radical (unpaired) electrons. The zero-order valence-corrected chi connectivity index (χ0v) is 53.2. The maximum Gasteiger partial charge on any atom is 0.0165 e. The predicted molar refractivity (Wildman–Crippen MR) is 403 cm³/mol. The van der Waals surface area contributed by atoms with Crippen LogP contribution < -0.4 is 0 Å². The van der Waals surface area contributed by atoms with Gasteiger partial charge in [0.15, 0.2) is 0 Å². The molecule has 2 aliphatic carbocycles. The number of hydrogen-bond donors (Lipinski definition) is 0. The van der Waals surface area contributed by atoms with Crippen LogP contribution in [0.25, 0.3) is 164 Å². The van der Waals surface area contributed by atoms with Gasteiger partial charge in [0, 0.05) is 10.8 Å². The second-order valence-corrected chi connectivity index (χ2v) is 26.9. The third kappa shape index (κ3) is 8.53. The Labute approximate surface area is 549 Å². The van der Waals surface area contributed by atoms with E-state index >= 15 is 0 Å². The molecule has 0 aliphatic heterocycles. The minimum atomic E-state index is -0.0931. The van der Waals surface area contributed by atoms with E-state index in [1.807, 2.05) is 0 Å². The van der Waals surface area contributed by atoms with Crippen LogP contribution in [0.4, 0.5) is 0 Å². The Bertz CT molecular complexity index is 5860. The van der Waals surface area contributed by atoms with Crippen molar-refractivity contribution in [3.05, 3.63) is 350 Å². The Morgan fingerprint density at radius 2 is 0.468 bits per heavy atom. The quantitative estimate of drug-likeness (QED) is 0.146. The minimum absolute atomic E-state index is 0.0845. The highest BCUT2D eigenvalue weighted by molar-refractivity contribution is 6.23. The van der Waals surface area contributed by atoms with E-state index in [9.17, 15) is 0 Å². The van der Waals surface area contributed by atoms with Gasteiger partial charge in [0.25, 0.3) is 0 Å². The molecule has 2 aliphatic rings. The van der Waals surface area contributed by atoms with Gasteiger partial charge in [-0.15, -0.1) is 0 Å². The van der Waals surface area contributed by atoms with Gasteiger partial charge >= 0.3 is 0 Å². The molecular weight excluding hydrogens is 1130 g/mol. The van der Waals surface area contributed by atoms with Gasteiger partial charge in [-0.05, 0) is 205 Å². The Hall–Kier alpha value is -11.4. The first-order valence-electron chi connectivity index (χ1n) is 33.1. The van der Waals surface area contributed by atoms with E-state index < -0.39 is 0 Å². The second-order valence-electron chi connectivity index (χ2n) is 26.9. The van der Waals surface area contributed by atoms with Crippen LogP contribution >= 0.6 is 0 Å². The molecule has 0 fully saturated rings. The molecule has 94 heavy (non-hydrogen) atoms. The summed E-state index contributed by atoms with van der Waals surface area (Å²) in [6.45, 7) is 9.55. The van der Waals surface area contributed by atoms with E-state index in [0.29, 0.717) is 0 Å². The van der Waals surface area contributed by atoms with Gasteiger partial charge in [-0.25, -0.2) is 0 Å². The molecule has 0 N–H and O–H groups in total. The average Bonchev–Trinajstić information content (AvgIpc) is 1.48. The fourth-order valence-electron chi connectivity index (χ4n) is 16.9. The lowest BCUT2D eigenvalue weighted by molar-refractivity contribution is 0.666. The molecule has 0 bridgehead atoms. The van der Waals surface area contributed by atoms with Gasteiger partial charge in [-0.1, -0.05) is 337 Å². The smallest absolute Gasteiger partial charge is 0.0165 e. The first-order chi connectivity index (χ1) is 46.2. The van der Waals surface area contributed by atoms with Crippen molar-refractivity contribution in [2.45, 2.75) is 38.5 Å². The van der Waals surface area contributed by atoms with Crippen molar-refractivity contribution in [1.82, 2.24) is 0 Å². The summed E-state index contributed by atoms with van der Waals surface area (Å²) in [6.07, 6.45) is 0. The van der Waals surface area contributed by atoms with Crippen LogP contribution in [-0.2, 0) is 10.8 Å². The largest absolute Gasteiger partial charge is 0.0622 e. The molecule has 0 saturated heterocycles. The van der Waals surface area contributed by atoms with E-state index in [1.54, 1.807) is 0 Å². The van der Waals surface area contributed by atoms with Crippen molar-refractivity contribution >= 4 is 75.4 Å². The third-order valence-electron chi connectivity index (χ3n) is 21.0. The fourth-order valence-corrected chi connectivity index (χ4v) is 16.9.